The number of carbonyl (C=O) groups is 3. The summed E-state index contributed by atoms with van der Waals surface area (Å²) >= 11 is 23.7. The first-order valence-corrected chi connectivity index (χ1v) is 9.47. The van der Waals surface area contributed by atoms with Crippen molar-refractivity contribution in [3.8, 4) is 0 Å². The van der Waals surface area contributed by atoms with Gasteiger partial charge in [0, 0.05) is 5.02 Å². The zero-order valence-electron chi connectivity index (χ0n) is 14.4. The highest BCUT2D eigenvalue weighted by atomic mass is 35.5. The van der Waals surface area contributed by atoms with E-state index in [4.69, 9.17) is 46.4 Å². The number of amides is 4. The summed E-state index contributed by atoms with van der Waals surface area (Å²) in [5.74, 6) is -1.18. The zero-order chi connectivity index (χ0) is 20.6. The molecule has 2 aromatic carbocycles. The topological polar surface area (TPSA) is 78.5 Å². The standard InChI is InChI=1S/C18H13Cl4N3O3/c1-18(9-2-4-10(19)5-3-9)16(27)25(17(28)24-18)8-15(26)23-14-7-12(21)11(20)6-13(14)22/h2-7H,8H2,1H3,(H,23,26)(H,24,28). The van der Waals surface area contributed by atoms with Gasteiger partial charge in [0.15, 0.2) is 0 Å². The Hall–Kier alpha value is -1.99. The third kappa shape index (κ3) is 3.91. The third-order valence-electron chi connectivity index (χ3n) is 4.28. The fourth-order valence-electron chi connectivity index (χ4n) is 2.77. The Kier molecular flexibility index (Phi) is 5.77. The molecule has 0 aromatic heterocycles. The van der Waals surface area contributed by atoms with Crippen molar-refractivity contribution in [2.75, 3.05) is 11.9 Å². The van der Waals surface area contributed by atoms with Gasteiger partial charge in [-0.05, 0) is 36.8 Å². The maximum absolute atomic E-state index is 12.8. The van der Waals surface area contributed by atoms with E-state index in [9.17, 15) is 14.4 Å². The van der Waals surface area contributed by atoms with Crippen LogP contribution in [0, 0.1) is 0 Å². The third-order valence-corrected chi connectivity index (χ3v) is 5.57. The molecule has 0 bridgehead atoms. The number of hydrogen-bond donors (Lipinski definition) is 2. The van der Waals surface area contributed by atoms with Crippen LogP contribution in [0.15, 0.2) is 36.4 Å². The van der Waals surface area contributed by atoms with Gasteiger partial charge in [-0.3, -0.25) is 14.5 Å². The largest absolute Gasteiger partial charge is 0.325 e. The predicted octanol–water partition coefficient (Wildman–Crippen LogP) is 4.71. The van der Waals surface area contributed by atoms with Crippen molar-refractivity contribution < 1.29 is 14.4 Å². The lowest BCUT2D eigenvalue weighted by Gasteiger charge is -2.22. The molecule has 10 heteroatoms. The number of anilines is 1. The highest BCUT2D eigenvalue weighted by Crippen LogP contribution is 2.33. The summed E-state index contributed by atoms with van der Waals surface area (Å²) in [4.78, 5) is 38.4. The fraction of sp³-hybridized carbons (Fsp3) is 0.167. The van der Waals surface area contributed by atoms with E-state index in [1.807, 2.05) is 0 Å². The van der Waals surface area contributed by atoms with Crippen molar-refractivity contribution in [3.63, 3.8) is 0 Å². The van der Waals surface area contributed by atoms with Crippen LogP contribution in [0.3, 0.4) is 0 Å². The van der Waals surface area contributed by atoms with Crippen molar-refractivity contribution in [1.82, 2.24) is 10.2 Å². The molecule has 0 aliphatic carbocycles. The molecule has 0 spiro atoms. The SMILES string of the molecule is CC1(c2ccc(Cl)cc2)NC(=O)N(CC(=O)Nc2cc(Cl)c(Cl)cc2Cl)C1=O. The van der Waals surface area contributed by atoms with Crippen LogP contribution in [0.2, 0.25) is 20.1 Å². The normalized spacial score (nSPS) is 19.0. The summed E-state index contributed by atoms with van der Waals surface area (Å²) in [7, 11) is 0. The molecule has 1 aliphatic rings. The highest BCUT2D eigenvalue weighted by molar-refractivity contribution is 6.44. The molecule has 1 atom stereocenters. The average molecular weight is 461 g/mol. The molecule has 146 valence electrons. The van der Waals surface area contributed by atoms with Crippen molar-refractivity contribution >= 4 is 69.9 Å². The van der Waals surface area contributed by atoms with Crippen LogP contribution in [0.25, 0.3) is 0 Å². The van der Waals surface area contributed by atoms with E-state index < -0.39 is 29.9 Å². The summed E-state index contributed by atoms with van der Waals surface area (Å²) in [6.07, 6.45) is 0. The molecule has 2 aromatic rings. The van der Waals surface area contributed by atoms with Crippen LogP contribution in [0.1, 0.15) is 12.5 Å². The molecule has 1 saturated heterocycles. The van der Waals surface area contributed by atoms with Gasteiger partial charge < -0.3 is 10.6 Å². The van der Waals surface area contributed by atoms with E-state index in [1.54, 1.807) is 31.2 Å². The molecule has 1 aliphatic heterocycles. The van der Waals surface area contributed by atoms with Crippen LogP contribution in [-0.4, -0.2) is 29.3 Å². The molecule has 2 N–H and O–H groups in total. The van der Waals surface area contributed by atoms with Crippen molar-refractivity contribution in [2.45, 2.75) is 12.5 Å². The molecular formula is C18H13Cl4N3O3. The van der Waals surface area contributed by atoms with Crippen molar-refractivity contribution in [1.29, 1.82) is 0 Å². The first-order valence-electron chi connectivity index (χ1n) is 7.96. The quantitative estimate of drug-likeness (QED) is 0.512. The summed E-state index contributed by atoms with van der Waals surface area (Å²) in [5.41, 5.74) is -0.539. The van der Waals surface area contributed by atoms with Gasteiger partial charge in [0.1, 0.15) is 12.1 Å². The maximum atomic E-state index is 12.8. The van der Waals surface area contributed by atoms with E-state index in [-0.39, 0.29) is 20.8 Å². The lowest BCUT2D eigenvalue weighted by molar-refractivity contribution is -0.133. The second kappa shape index (κ2) is 7.79. The van der Waals surface area contributed by atoms with Crippen LogP contribution in [-0.2, 0) is 15.1 Å². The highest BCUT2D eigenvalue weighted by Gasteiger charge is 2.49. The van der Waals surface area contributed by atoms with Gasteiger partial charge in [0.25, 0.3) is 5.91 Å². The summed E-state index contributed by atoms with van der Waals surface area (Å²) in [6.45, 7) is 1.06. The molecule has 3 rings (SSSR count). The van der Waals surface area contributed by atoms with Gasteiger partial charge in [-0.15, -0.1) is 0 Å². The average Bonchev–Trinajstić information content (AvgIpc) is 2.84. The number of imide groups is 1. The van der Waals surface area contributed by atoms with Gasteiger partial charge in [0.05, 0.1) is 20.8 Å². The maximum Gasteiger partial charge on any atom is 0.325 e. The minimum Gasteiger partial charge on any atom is -0.323 e. The number of nitrogens with one attached hydrogen (secondary N) is 2. The van der Waals surface area contributed by atoms with Crippen LogP contribution in [0.4, 0.5) is 10.5 Å². The molecule has 1 unspecified atom stereocenters. The number of carbonyl (C=O) groups excluding carboxylic acids is 3. The van der Waals surface area contributed by atoms with E-state index in [1.165, 1.54) is 12.1 Å². The number of benzene rings is 2. The fourth-order valence-corrected chi connectivity index (χ4v) is 3.49. The Labute approximate surface area is 180 Å². The smallest absolute Gasteiger partial charge is 0.323 e. The number of halogens is 4. The second-order valence-corrected chi connectivity index (χ2v) is 7.91. The van der Waals surface area contributed by atoms with Crippen LogP contribution in [0.5, 0.6) is 0 Å². The van der Waals surface area contributed by atoms with Gasteiger partial charge in [-0.25, -0.2) is 4.79 Å². The van der Waals surface area contributed by atoms with E-state index in [0.717, 1.165) is 4.90 Å². The Morgan fingerprint density at radius 2 is 1.64 bits per heavy atom. The Morgan fingerprint density at radius 1 is 1.04 bits per heavy atom. The monoisotopic (exact) mass is 459 g/mol. The van der Waals surface area contributed by atoms with Crippen molar-refractivity contribution in [2.24, 2.45) is 0 Å². The van der Waals surface area contributed by atoms with Crippen LogP contribution >= 0.6 is 46.4 Å². The number of hydrogen-bond acceptors (Lipinski definition) is 3. The molecule has 28 heavy (non-hydrogen) atoms. The minimum atomic E-state index is -1.30. The first kappa shape index (κ1) is 20.7. The predicted molar refractivity (Wildman–Crippen MR) is 109 cm³/mol. The Bertz CT molecular complexity index is 981. The minimum absolute atomic E-state index is 0.172. The number of urea groups is 1. The van der Waals surface area contributed by atoms with Crippen molar-refractivity contribution in [3.05, 3.63) is 62.1 Å². The first-order chi connectivity index (χ1) is 13.1. The molecule has 0 radical (unpaired) electrons. The van der Waals surface area contributed by atoms with Gasteiger partial charge in [0.2, 0.25) is 5.91 Å². The molecule has 6 nitrogen and oxygen atoms in total. The van der Waals surface area contributed by atoms with Gasteiger partial charge in [-0.2, -0.15) is 0 Å². The molecule has 1 fully saturated rings. The molecule has 1 heterocycles. The second-order valence-electron chi connectivity index (χ2n) is 6.25. The summed E-state index contributed by atoms with van der Waals surface area (Å²) in [5, 5.41) is 6.23. The molecule has 0 saturated carbocycles. The van der Waals surface area contributed by atoms with Gasteiger partial charge >= 0.3 is 6.03 Å². The number of nitrogens with zero attached hydrogens (tertiary/aromatic N) is 1. The lowest BCUT2D eigenvalue weighted by atomic mass is 9.92. The summed E-state index contributed by atoms with van der Waals surface area (Å²) < 4.78 is 0. The molecular weight excluding hydrogens is 448 g/mol. The Morgan fingerprint density at radius 3 is 2.29 bits per heavy atom. The molecule has 4 amide bonds. The summed E-state index contributed by atoms with van der Waals surface area (Å²) in [6, 6.07) is 8.59. The number of rotatable bonds is 4. The van der Waals surface area contributed by atoms with E-state index >= 15 is 0 Å². The van der Waals surface area contributed by atoms with Gasteiger partial charge in [-0.1, -0.05) is 58.5 Å². The van der Waals surface area contributed by atoms with Crippen LogP contribution < -0.4 is 10.6 Å². The van der Waals surface area contributed by atoms with E-state index in [2.05, 4.69) is 10.6 Å². The Balaban J connectivity index is 1.76. The zero-order valence-corrected chi connectivity index (χ0v) is 17.4. The van der Waals surface area contributed by atoms with E-state index in [0.29, 0.717) is 10.6 Å². The lowest BCUT2D eigenvalue weighted by Crippen LogP contribution is -2.42.